The summed E-state index contributed by atoms with van der Waals surface area (Å²) in [4.78, 5) is 13.0. The van der Waals surface area contributed by atoms with Crippen LogP contribution in [0.25, 0.3) is 0 Å². The first-order chi connectivity index (χ1) is 13.9. The Labute approximate surface area is 169 Å². The van der Waals surface area contributed by atoms with Gasteiger partial charge in [0.25, 0.3) is 15.9 Å². The highest BCUT2D eigenvalue weighted by molar-refractivity contribution is 7.92. The van der Waals surface area contributed by atoms with Crippen LogP contribution in [0, 0.1) is 6.92 Å². The number of anilines is 2. The molecule has 29 heavy (non-hydrogen) atoms. The van der Waals surface area contributed by atoms with Gasteiger partial charge in [-0.05, 0) is 43.3 Å². The summed E-state index contributed by atoms with van der Waals surface area (Å²) in [7, 11) is -3.85. The molecule has 1 aliphatic rings. The van der Waals surface area contributed by atoms with Gasteiger partial charge in [-0.2, -0.15) is 0 Å². The molecule has 1 aliphatic heterocycles. The number of rotatable bonds is 4. The van der Waals surface area contributed by atoms with Gasteiger partial charge in [0, 0.05) is 5.69 Å². The van der Waals surface area contributed by atoms with Crippen molar-refractivity contribution in [3.05, 3.63) is 84.4 Å². The van der Waals surface area contributed by atoms with E-state index in [9.17, 15) is 13.2 Å². The number of sulfonamides is 1. The van der Waals surface area contributed by atoms with E-state index < -0.39 is 22.0 Å². The quantitative estimate of drug-likeness (QED) is 0.716. The third-order valence-electron chi connectivity index (χ3n) is 4.68. The number of hydrogen-bond acceptors (Lipinski definition) is 4. The lowest BCUT2D eigenvalue weighted by atomic mass is 10.2. The first kappa shape index (κ1) is 19.0. The topological polar surface area (TPSA) is 75.7 Å². The van der Waals surface area contributed by atoms with E-state index >= 15 is 0 Å². The van der Waals surface area contributed by atoms with Crippen LogP contribution in [-0.2, 0) is 14.8 Å². The molecule has 7 heteroatoms. The zero-order valence-electron chi connectivity index (χ0n) is 15.8. The highest BCUT2D eigenvalue weighted by Crippen LogP contribution is 2.36. The van der Waals surface area contributed by atoms with Crippen molar-refractivity contribution < 1.29 is 17.9 Å². The van der Waals surface area contributed by atoms with Gasteiger partial charge in [0.2, 0.25) is 0 Å². The first-order valence-electron chi connectivity index (χ1n) is 9.16. The van der Waals surface area contributed by atoms with Gasteiger partial charge >= 0.3 is 0 Å². The molecule has 0 radical (unpaired) electrons. The van der Waals surface area contributed by atoms with E-state index in [2.05, 4.69) is 5.32 Å². The molecule has 0 spiro atoms. The van der Waals surface area contributed by atoms with E-state index in [4.69, 9.17) is 4.74 Å². The highest BCUT2D eigenvalue weighted by atomic mass is 32.2. The Morgan fingerprint density at radius 2 is 1.62 bits per heavy atom. The van der Waals surface area contributed by atoms with E-state index in [1.54, 1.807) is 54.6 Å². The highest BCUT2D eigenvalue weighted by Gasteiger charge is 2.37. The molecular weight excluding hydrogens is 388 g/mol. The van der Waals surface area contributed by atoms with Crippen molar-refractivity contribution in [1.82, 2.24) is 0 Å². The first-order valence-corrected chi connectivity index (χ1v) is 10.6. The lowest BCUT2D eigenvalue weighted by Crippen LogP contribution is -2.48. The number of ether oxygens (including phenoxy) is 1. The number of nitrogens with zero attached hydrogens (tertiary/aromatic N) is 1. The molecule has 0 saturated heterocycles. The van der Waals surface area contributed by atoms with Crippen LogP contribution in [-0.4, -0.2) is 27.0 Å². The molecule has 0 unspecified atom stereocenters. The van der Waals surface area contributed by atoms with Gasteiger partial charge in [-0.25, -0.2) is 8.42 Å². The van der Waals surface area contributed by atoms with Crippen molar-refractivity contribution in [2.45, 2.75) is 17.9 Å². The zero-order valence-corrected chi connectivity index (χ0v) is 16.6. The summed E-state index contributed by atoms with van der Waals surface area (Å²) in [5, 5.41) is 2.80. The molecule has 6 nitrogen and oxygen atoms in total. The average Bonchev–Trinajstić information content (AvgIpc) is 2.75. The van der Waals surface area contributed by atoms with Gasteiger partial charge in [0.15, 0.2) is 6.10 Å². The predicted molar refractivity (Wildman–Crippen MR) is 112 cm³/mol. The van der Waals surface area contributed by atoms with Gasteiger partial charge in [-0.3, -0.25) is 9.10 Å². The van der Waals surface area contributed by atoms with Gasteiger partial charge in [-0.1, -0.05) is 48.0 Å². The van der Waals surface area contributed by atoms with Gasteiger partial charge in [0.05, 0.1) is 17.1 Å². The second-order valence-electron chi connectivity index (χ2n) is 6.78. The van der Waals surface area contributed by atoms with Crippen LogP contribution >= 0.6 is 0 Å². The minimum atomic E-state index is -3.85. The maximum absolute atomic E-state index is 13.3. The van der Waals surface area contributed by atoms with E-state index in [-0.39, 0.29) is 11.4 Å². The van der Waals surface area contributed by atoms with Crippen molar-refractivity contribution in [1.29, 1.82) is 0 Å². The lowest BCUT2D eigenvalue weighted by molar-refractivity contribution is -0.122. The van der Waals surface area contributed by atoms with E-state index in [0.717, 1.165) is 5.56 Å². The SMILES string of the molecule is Cc1ccc(NC(=O)[C@H]2CN(S(=O)(=O)c3ccccc3)c3ccccc3O2)cc1. The molecule has 1 N–H and O–H groups in total. The standard InChI is InChI=1S/C22H20N2O4S/c1-16-11-13-17(14-12-16)23-22(25)21-15-24(19-9-5-6-10-20(19)28-21)29(26,27)18-7-3-2-4-8-18/h2-14,21H,15H2,1H3,(H,23,25)/t21-/m1/s1. The third-order valence-corrected chi connectivity index (χ3v) is 6.47. The lowest BCUT2D eigenvalue weighted by Gasteiger charge is -2.34. The molecule has 3 aromatic rings. The van der Waals surface area contributed by atoms with Gasteiger partial charge in [-0.15, -0.1) is 0 Å². The number of nitrogens with one attached hydrogen (secondary N) is 1. The summed E-state index contributed by atoms with van der Waals surface area (Å²) in [6.07, 6.45) is -0.982. The summed E-state index contributed by atoms with van der Waals surface area (Å²) < 4.78 is 33.6. The molecule has 0 fully saturated rings. The summed E-state index contributed by atoms with van der Waals surface area (Å²) in [6.45, 7) is 1.84. The fourth-order valence-electron chi connectivity index (χ4n) is 3.15. The molecule has 0 saturated carbocycles. The number of benzene rings is 3. The minimum Gasteiger partial charge on any atom is -0.476 e. The van der Waals surface area contributed by atoms with Crippen LogP contribution in [0.1, 0.15) is 5.56 Å². The second-order valence-corrected chi connectivity index (χ2v) is 8.64. The minimum absolute atomic E-state index is 0.119. The summed E-state index contributed by atoms with van der Waals surface area (Å²) >= 11 is 0. The molecule has 0 bridgehead atoms. The van der Waals surface area contributed by atoms with Crippen molar-refractivity contribution in [3.63, 3.8) is 0 Å². The number of para-hydroxylation sites is 2. The van der Waals surface area contributed by atoms with Crippen LogP contribution < -0.4 is 14.4 Å². The maximum Gasteiger partial charge on any atom is 0.267 e. The van der Waals surface area contributed by atoms with E-state index in [1.807, 2.05) is 19.1 Å². The predicted octanol–water partition coefficient (Wildman–Crippen LogP) is 3.59. The normalized spacial score (nSPS) is 15.9. The molecule has 0 aliphatic carbocycles. The molecule has 1 amide bonds. The Kier molecular flexibility index (Phi) is 4.98. The smallest absolute Gasteiger partial charge is 0.267 e. The number of amides is 1. The van der Waals surface area contributed by atoms with Crippen molar-refractivity contribution in [3.8, 4) is 5.75 Å². The number of fused-ring (bicyclic) bond motifs is 1. The number of carbonyl (C=O) groups excluding carboxylic acids is 1. The number of hydrogen-bond donors (Lipinski definition) is 1. The molecule has 0 aromatic heterocycles. The van der Waals surface area contributed by atoms with Crippen molar-refractivity contribution in [2.75, 3.05) is 16.2 Å². The van der Waals surface area contributed by atoms with Crippen LogP contribution in [0.3, 0.4) is 0 Å². The van der Waals surface area contributed by atoms with Crippen LogP contribution in [0.15, 0.2) is 83.8 Å². The Morgan fingerprint density at radius 1 is 0.966 bits per heavy atom. The fraction of sp³-hybridized carbons (Fsp3) is 0.136. The maximum atomic E-state index is 13.3. The molecule has 3 aromatic carbocycles. The number of carbonyl (C=O) groups is 1. The van der Waals surface area contributed by atoms with Crippen LogP contribution in [0.4, 0.5) is 11.4 Å². The molecule has 4 rings (SSSR count). The zero-order chi connectivity index (χ0) is 20.4. The summed E-state index contributed by atoms with van der Waals surface area (Å²) in [5.41, 5.74) is 2.11. The summed E-state index contributed by atoms with van der Waals surface area (Å²) in [6, 6.07) is 22.3. The molecule has 1 atom stereocenters. The largest absolute Gasteiger partial charge is 0.476 e. The summed E-state index contributed by atoms with van der Waals surface area (Å²) in [5.74, 6) is -0.0565. The Balaban J connectivity index is 1.66. The van der Waals surface area contributed by atoms with Crippen molar-refractivity contribution >= 4 is 27.3 Å². The second kappa shape index (κ2) is 7.60. The molecule has 1 heterocycles. The van der Waals surface area contributed by atoms with Crippen molar-refractivity contribution in [2.24, 2.45) is 0 Å². The Hall–Kier alpha value is -3.32. The van der Waals surface area contributed by atoms with Crippen LogP contribution in [0.5, 0.6) is 5.75 Å². The van der Waals surface area contributed by atoms with Crippen LogP contribution in [0.2, 0.25) is 0 Å². The van der Waals surface area contributed by atoms with Gasteiger partial charge < -0.3 is 10.1 Å². The number of aryl methyl sites for hydroxylation is 1. The average molecular weight is 408 g/mol. The fourth-order valence-corrected chi connectivity index (χ4v) is 4.64. The van der Waals surface area contributed by atoms with E-state index in [1.165, 1.54) is 16.4 Å². The Morgan fingerprint density at radius 3 is 2.34 bits per heavy atom. The third kappa shape index (κ3) is 3.82. The molecule has 148 valence electrons. The Bertz CT molecular complexity index is 1130. The van der Waals surface area contributed by atoms with Gasteiger partial charge in [0.1, 0.15) is 5.75 Å². The van der Waals surface area contributed by atoms with E-state index in [0.29, 0.717) is 17.1 Å². The molecular formula is C22H20N2O4S. The monoisotopic (exact) mass is 408 g/mol.